The van der Waals surface area contributed by atoms with Gasteiger partial charge in [0.1, 0.15) is 11.5 Å². The molecule has 0 amide bonds. The smallest absolute Gasteiger partial charge is 0.119 e. The average molecular weight is 395 g/mol. The van der Waals surface area contributed by atoms with Crippen molar-refractivity contribution in [2.75, 3.05) is 40.4 Å². The lowest BCUT2D eigenvalue weighted by Gasteiger charge is -2.33. The Labute approximate surface area is 175 Å². The molecule has 1 saturated heterocycles. The zero-order valence-electron chi connectivity index (χ0n) is 18.1. The number of nitrogens with zero attached hydrogens (tertiary/aromatic N) is 2. The van der Waals surface area contributed by atoms with Crippen molar-refractivity contribution in [2.45, 2.75) is 44.7 Å². The van der Waals surface area contributed by atoms with Crippen LogP contribution in [0.2, 0.25) is 0 Å². The van der Waals surface area contributed by atoms with Crippen LogP contribution in [0, 0.1) is 0 Å². The van der Waals surface area contributed by atoms with E-state index in [0.29, 0.717) is 5.92 Å². The molecule has 2 aliphatic rings. The van der Waals surface area contributed by atoms with Crippen LogP contribution in [0.25, 0.3) is 0 Å². The van der Waals surface area contributed by atoms with Crippen molar-refractivity contribution >= 4 is 0 Å². The van der Waals surface area contributed by atoms with Crippen LogP contribution in [0.3, 0.4) is 0 Å². The predicted octanol–water partition coefficient (Wildman–Crippen LogP) is 4.53. The molecule has 0 aliphatic carbocycles. The van der Waals surface area contributed by atoms with Crippen molar-refractivity contribution in [3.05, 3.63) is 59.2 Å². The normalized spacial score (nSPS) is 22.4. The van der Waals surface area contributed by atoms with Crippen molar-refractivity contribution in [3.63, 3.8) is 0 Å². The van der Waals surface area contributed by atoms with Crippen LogP contribution in [-0.4, -0.2) is 56.2 Å². The van der Waals surface area contributed by atoms with E-state index in [-0.39, 0.29) is 0 Å². The fourth-order valence-corrected chi connectivity index (χ4v) is 4.82. The lowest BCUT2D eigenvalue weighted by atomic mass is 9.84. The number of likely N-dealkylation sites (N-methyl/N-ethyl adjacent to an activating group) is 1. The number of fused-ring (bicyclic) bond motifs is 1. The zero-order valence-corrected chi connectivity index (χ0v) is 18.1. The van der Waals surface area contributed by atoms with Gasteiger partial charge < -0.3 is 19.3 Å². The summed E-state index contributed by atoms with van der Waals surface area (Å²) in [6.45, 7) is 7.54. The van der Waals surface area contributed by atoms with Gasteiger partial charge in [-0.2, -0.15) is 0 Å². The van der Waals surface area contributed by atoms with Crippen molar-refractivity contribution in [3.8, 4) is 11.5 Å². The van der Waals surface area contributed by atoms with Gasteiger partial charge in [0.15, 0.2) is 0 Å². The Morgan fingerprint density at radius 1 is 1.07 bits per heavy atom. The summed E-state index contributed by atoms with van der Waals surface area (Å²) < 4.78 is 11.4. The highest BCUT2D eigenvalue weighted by Gasteiger charge is 2.25. The first-order valence-corrected chi connectivity index (χ1v) is 11.0. The summed E-state index contributed by atoms with van der Waals surface area (Å²) in [7, 11) is 3.91. The number of rotatable bonds is 7. The highest BCUT2D eigenvalue weighted by molar-refractivity contribution is 5.45. The standard InChI is InChI=1S/C25H34N2O2/c1-19-6-4-13-27(19)14-5-15-29-23-11-12-24-21(16-23)17-26(2)18-25(24)20-7-9-22(28-3)10-8-20/h7-12,16,19,25H,4-6,13-15,17-18H2,1-3H3/t19-,25?/m1/s1. The maximum atomic E-state index is 6.11. The largest absolute Gasteiger partial charge is 0.497 e. The second-order valence-corrected chi connectivity index (χ2v) is 8.61. The first-order valence-electron chi connectivity index (χ1n) is 11.0. The number of hydrogen-bond donors (Lipinski definition) is 0. The molecule has 0 bridgehead atoms. The van der Waals surface area contributed by atoms with Gasteiger partial charge in [0.25, 0.3) is 0 Å². The van der Waals surface area contributed by atoms with E-state index in [1.165, 1.54) is 36.1 Å². The topological polar surface area (TPSA) is 24.9 Å². The highest BCUT2D eigenvalue weighted by atomic mass is 16.5. The Morgan fingerprint density at radius 3 is 2.59 bits per heavy atom. The van der Waals surface area contributed by atoms with Crippen molar-refractivity contribution in [1.29, 1.82) is 0 Å². The fourth-order valence-electron chi connectivity index (χ4n) is 4.82. The van der Waals surface area contributed by atoms with Crippen LogP contribution in [-0.2, 0) is 6.54 Å². The average Bonchev–Trinajstić information content (AvgIpc) is 3.15. The second-order valence-electron chi connectivity index (χ2n) is 8.61. The molecule has 4 rings (SSSR count). The van der Waals surface area contributed by atoms with Crippen LogP contribution in [0.4, 0.5) is 0 Å². The molecule has 0 spiro atoms. The highest BCUT2D eigenvalue weighted by Crippen LogP contribution is 2.35. The summed E-state index contributed by atoms with van der Waals surface area (Å²) in [5.41, 5.74) is 4.14. The molecule has 0 aromatic heterocycles. The van der Waals surface area contributed by atoms with Gasteiger partial charge in [0.2, 0.25) is 0 Å². The number of benzene rings is 2. The first kappa shape index (κ1) is 20.2. The third-order valence-corrected chi connectivity index (χ3v) is 6.49. The minimum absolute atomic E-state index is 0.389. The summed E-state index contributed by atoms with van der Waals surface area (Å²) in [4.78, 5) is 4.99. The minimum atomic E-state index is 0.389. The van der Waals surface area contributed by atoms with E-state index in [9.17, 15) is 0 Å². The van der Waals surface area contributed by atoms with Crippen LogP contribution in [0.5, 0.6) is 11.5 Å². The molecule has 156 valence electrons. The second kappa shape index (κ2) is 9.19. The summed E-state index contributed by atoms with van der Waals surface area (Å²) in [6.07, 6.45) is 3.78. The molecule has 0 radical (unpaired) electrons. The third-order valence-electron chi connectivity index (χ3n) is 6.49. The molecule has 1 fully saturated rings. The SMILES string of the molecule is COc1ccc(C2CN(C)Cc3cc(OCCCN4CCC[C@H]4C)ccc32)cc1. The molecule has 29 heavy (non-hydrogen) atoms. The van der Waals surface area contributed by atoms with Crippen LogP contribution < -0.4 is 9.47 Å². The lowest BCUT2D eigenvalue weighted by Crippen LogP contribution is -2.31. The fraction of sp³-hybridized carbons (Fsp3) is 0.520. The van der Waals surface area contributed by atoms with Gasteiger partial charge in [0, 0.05) is 31.6 Å². The summed E-state index contributed by atoms with van der Waals surface area (Å²) in [6, 6.07) is 15.9. The van der Waals surface area contributed by atoms with E-state index < -0.39 is 0 Å². The molecule has 0 saturated carbocycles. The van der Waals surface area contributed by atoms with Crippen molar-refractivity contribution in [2.24, 2.45) is 0 Å². The molecule has 0 N–H and O–H groups in total. The van der Waals surface area contributed by atoms with E-state index in [0.717, 1.165) is 50.2 Å². The first-order chi connectivity index (χ1) is 14.1. The van der Waals surface area contributed by atoms with Gasteiger partial charge in [-0.05, 0) is 80.7 Å². The van der Waals surface area contributed by atoms with E-state index in [2.05, 4.69) is 66.2 Å². The minimum Gasteiger partial charge on any atom is -0.497 e. The molecule has 4 heteroatoms. The number of hydrogen-bond acceptors (Lipinski definition) is 4. The molecule has 4 nitrogen and oxygen atoms in total. The zero-order chi connectivity index (χ0) is 20.2. The number of likely N-dealkylation sites (tertiary alicyclic amines) is 1. The molecular formula is C25H34N2O2. The molecule has 2 aromatic rings. The summed E-state index contributed by atoms with van der Waals surface area (Å²) in [5.74, 6) is 2.30. The number of ether oxygens (including phenoxy) is 2. The van der Waals surface area contributed by atoms with Gasteiger partial charge in [0.05, 0.1) is 13.7 Å². The van der Waals surface area contributed by atoms with Crippen LogP contribution in [0.1, 0.15) is 48.8 Å². The molecular weight excluding hydrogens is 360 g/mol. The predicted molar refractivity (Wildman–Crippen MR) is 118 cm³/mol. The van der Waals surface area contributed by atoms with Gasteiger partial charge in [-0.25, -0.2) is 0 Å². The Kier molecular flexibility index (Phi) is 6.41. The quantitative estimate of drug-likeness (QED) is 0.645. The Morgan fingerprint density at radius 2 is 1.86 bits per heavy atom. The molecule has 2 aromatic carbocycles. The summed E-state index contributed by atoms with van der Waals surface area (Å²) in [5, 5.41) is 0. The van der Waals surface area contributed by atoms with E-state index in [1.54, 1.807) is 7.11 Å². The van der Waals surface area contributed by atoms with E-state index in [1.807, 2.05) is 0 Å². The monoisotopic (exact) mass is 394 g/mol. The maximum absolute atomic E-state index is 6.11. The van der Waals surface area contributed by atoms with E-state index >= 15 is 0 Å². The Balaban J connectivity index is 1.40. The number of methoxy groups -OCH3 is 1. The molecule has 2 aliphatic heterocycles. The van der Waals surface area contributed by atoms with Crippen LogP contribution >= 0.6 is 0 Å². The molecule has 1 unspecified atom stereocenters. The van der Waals surface area contributed by atoms with Crippen molar-refractivity contribution < 1.29 is 9.47 Å². The molecule has 2 atom stereocenters. The van der Waals surface area contributed by atoms with Gasteiger partial charge in [-0.1, -0.05) is 18.2 Å². The molecule has 2 heterocycles. The summed E-state index contributed by atoms with van der Waals surface area (Å²) >= 11 is 0. The van der Waals surface area contributed by atoms with Gasteiger partial charge in [-0.15, -0.1) is 0 Å². The Hall–Kier alpha value is -2.04. The van der Waals surface area contributed by atoms with Gasteiger partial charge in [-0.3, -0.25) is 0 Å². The Bertz CT molecular complexity index is 805. The lowest BCUT2D eigenvalue weighted by molar-refractivity contribution is 0.229. The van der Waals surface area contributed by atoms with E-state index in [4.69, 9.17) is 9.47 Å². The third kappa shape index (κ3) is 4.76. The van der Waals surface area contributed by atoms with Crippen molar-refractivity contribution in [1.82, 2.24) is 9.80 Å². The van der Waals surface area contributed by atoms with Gasteiger partial charge >= 0.3 is 0 Å². The maximum Gasteiger partial charge on any atom is 0.119 e. The van der Waals surface area contributed by atoms with Crippen LogP contribution in [0.15, 0.2) is 42.5 Å².